The fraction of sp³-hybridized carbons (Fsp3) is 0.800. The van der Waals surface area contributed by atoms with Gasteiger partial charge in [0.1, 0.15) is 0 Å². The summed E-state index contributed by atoms with van der Waals surface area (Å²) in [6.45, 7) is 7.83. The monoisotopic (exact) mass is 249 g/mol. The molecule has 102 valence electrons. The van der Waals surface area contributed by atoms with Crippen molar-refractivity contribution >= 4 is 0 Å². The van der Waals surface area contributed by atoms with Crippen molar-refractivity contribution in [3.8, 4) is 0 Å². The summed E-state index contributed by atoms with van der Waals surface area (Å²) >= 11 is 0. The molecule has 3 nitrogen and oxygen atoms in total. The molecule has 1 saturated carbocycles. The lowest BCUT2D eigenvalue weighted by atomic mass is 9.92. The molecule has 1 aliphatic carbocycles. The highest BCUT2D eigenvalue weighted by molar-refractivity contribution is 5.12. The second-order valence-electron chi connectivity index (χ2n) is 5.67. The van der Waals surface area contributed by atoms with E-state index in [0.29, 0.717) is 6.04 Å². The van der Waals surface area contributed by atoms with Crippen LogP contribution in [0.4, 0.5) is 0 Å². The average Bonchev–Trinajstić information content (AvgIpc) is 3.14. The molecular weight excluding hydrogens is 222 g/mol. The molecule has 1 N–H and O–H groups in total. The molecule has 0 amide bonds. The minimum atomic E-state index is 0.600. The number of hydrogen-bond donors (Lipinski definition) is 1. The summed E-state index contributed by atoms with van der Waals surface area (Å²) in [6, 6.07) is 2.87. The standard InChI is InChI=1S/C15H27N3/c1-5-13-9-14(18(4)17-13)10-15(16-6-2)11(3)12-7-8-12/h9,11-12,15-16H,5-8,10H2,1-4H3. The van der Waals surface area contributed by atoms with E-state index < -0.39 is 0 Å². The van der Waals surface area contributed by atoms with Crippen LogP contribution in [-0.4, -0.2) is 22.4 Å². The van der Waals surface area contributed by atoms with Crippen LogP contribution in [0.15, 0.2) is 6.07 Å². The Morgan fingerprint density at radius 2 is 2.17 bits per heavy atom. The Kier molecular flexibility index (Phi) is 4.44. The Hall–Kier alpha value is -0.830. The van der Waals surface area contributed by atoms with E-state index in [1.54, 1.807) is 0 Å². The minimum Gasteiger partial charge on any atom is -0.314 e. The first-order valence-corrected chi connectivity index (χ1v) is 7.40. The lowest BCUT2D eigenvalue weighted by Gasteiger charge is -2.24. The molecule has 3 heteroatoms. The zero-order valence-corrected chi connectivity index (χ0v) is 12.2. The molecule has 1 aromatic rings. The summed E-state index contributed by atoms with van der Waals surface area (Å²) in [5.41, 5.74) is 2.58. The van der Waals surface area contributed by atoms with E-state index in [1.165, 1.54) is 24.2 Å². The number of aromatic nitrogens is 2. The van der Waals surface area contributed by atoms with Gasteiger partial charge < -0.3 is 5.32 Å². The predicted molar refractivity (Wildman–Crippen MR) is 75.6 cm³/mol. The van der Waals surface area contributed by atoms with Crippen molar-refractivity contribution in [2.45, 2.75) is 52.5 Å². The maximum atomic E-state index is 4.55. The van der Waals surface area contributed by atoms with Gasteiger partial charge in [-0.3, -0.25) is 4.68 Å². The third-order valence-corrected chi connectivity index (χ3v) is 4.29. The highest BCUT2D eigenvalue weighted by Gasteiger charge is 2.33. The van der Waals surface area contributed by atoms with Crippen LogP contribution in [0.5, 0.6) is 0 Å². The number of hydrogen-bond acceptors (Lipinski definition) is 2. The fourth-order valence-electron chi connectivity index (χ4n) is 2.82. The number of likely N-dealkylation sites (N-methyl/N-ethyl adjacent to an activating group) is 1. The largest absolute Gasteiger partial charge is 0.314 e. The molecule has 1 heterocycles. The summed E-state index contributed by atoms with van der Waals surface area (Å²) in [5, 5.41) is 8.22. The quantitative estimate of drug-likeness (QED) is 0.805. The SMILES string of the molecule is CCNC(Cc1cc(CC)nn1C)C(C)C1CC1. The maximum absolute atomic E-state index is 4.55. The zero-order valence-electron chi connectivity index (χ0n) is 12.2. The van der Waals surface area contributed by atoms with Crippen molar-refractivity contribution in [1.82, 2.24) is 15.1 Å². The van der Waals surface area contributed by atoms with E-state index in [0.717, 1.165) is 31.2 Å². The second-order valence-corrected chi connectivity index (χ2v) is 5.67. The summed E-state index contributed by atoms with van der Waals surface area (Å²) < 4.78 is 2.06. The molecule has 0 aliphatic heterocycles. The van der Waals surface area contributed by atoms with Crippen molar-refractivity contribution in [2.75, 3.05) is 6.54 Å². The fourth-order valence-corrected chi connectivity index (χ4v) is 2.82. The average molecular weight is 249 g/mol. The predicted octanol–water partition coefficient (Wildman–Crippen LogP) is 2.55. The number of rotatable bonds is 7. The molecule has 2 atom stereocenters. The summed E-state index contributed by atoms with van der Waals surface area (Å²) in [7, 11) is 2.07. The van der Waals surface area contributed by atoms with Crippen LogP contribution in [0, 0.1) is 11.8 Å². The number of nitrogens with one attached hydrogen (secondary N) is 1. The zero-order chi connectivity index (χ0) is 13.1. The van der Waals surface area contributed by atoms with Gasteiger partial charge in [0.15, 0.2) is 0 Å². The first kappa shape index (κ1) is 13.6. The van der Waals surface area contributed by atoms with Gasteiger partial charge in [-0.05, 0) is 43.7 Å². The number of nitrogens with zero attached hydrogens (tertiary/aromatic N) is 2. The van der Waals surface area contributed by atoms with Crippen molar-refractivity contribution in [1.29, 1.82) is 0 Å². The summed E-state index contributed by atoms with van der Waals surface area (Å²) in [6.07, 6.45) is 4.98. The Balaban J connectivity index is 2.04. The van der Waals surface area contributed by atoms with Crippen LogP contribution in [0.3, 0.4) is 0 Å². The van der Waals surface area contributed by atoms with Crippen LogP contribution < -0.4 is 5.32 Å². The number of aryl methyl sites for hydroxylation is 2. The van der Waals surface area contributed by atoms with E-state index in [4.69, 9.17) is 0 Å². The first-order valence-electron chi connectivity index (χ1n) is 7.40. The van der Waals surface area contributed by atoms with Crippen LogP contribution in [0.1, 0.15) is 45.0 Å². The lowest BCUT2D eigenvalue weighted by molar-refractivity contribution is 0.339. The van der Waals surface area contributed by atoms with Gasteiger partial charge >= 0.3 is 0 Å². The molecule has 0 spiro atoms. The Bertz CT molecular complexity index is 379. The van der Waals surface area contributed by atoms with Gasteiger partial charge in [-0.2, -0.15) is 5.10 Å². The van der Waals surface area contributed by atoms with Gasteiger partial charge in [-0.15, -0.1) is 0 Å². The second kappa shape index (κ2) is 5.87. The van der Waals surface area contributed by atoms with E-state index in [9.17, 15) is 0 Å². The molecule has 0 radical (unpaired) electrons. The molecule has 0 bridgehead atoms. The van der Waals surface area contributed by atoms with Crippen molar-refractivity contribution in [3.05, 3.63) is 17.5 Å². The van der Waals surface area contributed by atoms with Gasteiger partial charge in [0.05, 0.1) is 5.69 Å². The first-order chi connectivity index (χ1) is 8.65. The van der Waals surface area contributed by atoms with Gasteiger partial charge in [-0.1, -0.05) is 20.8 Å². The topological polar surface area (TPSA) is 29.9 Å². The lowest BCUT2D eigenvalue weighted by Crippen LogP contribution is -2.38. The van der Waals surface area contributed by atoms with Gasteiger partial charge in [-0.25, -0.2) is 0 Å². The van der Waals surface area contributed by atoms with Crippen molar-refractivity contribution in [3.63, 3.8) is 0 Å². The maximum Gasteiger partial charge on any atom is 0.0624 e. The van der Waals surface area contributed by atoms with Crippen molar-refractivity contribution in [2.24, 2.45) is 18.9 Å². The molecule has 2 unspecified atom stereocenters. The molecule has 0 aromatic carbocycles. The summed E-state index contributed by atoms with van der Waals surface area (Å²) in [5.74, 6) is 1.73. The van der Waals surface area contributed by atoms with Gasteiger partial charge in [0.2, 0.25) is 0 Å². The van der Waals surface area contributed by atoms with Crippen LogP contribution in [-0.2, 0) is 19.9 Å². The Labute approximate surface area is 111 Å². The smallest absolute Gasteiger partial charge is 0.0624 e. The molecule has 18 heavy (non-hydrogen) atoms. The van der Waals surface area contributed by atoms with Crippen LogP contribution in [0.2, 0.25) is 0 Å². The minimum absolute atomic E-state index is 0.600. The molecule has 1 aromatic heterocycles. The van der Waals surface area contributed by atoms with Gasteiger partial charge in [0, 0.05) is 25.2 Å². The molecule has 0 saturated heterocycles. The highest BCUT2D eigenvalue weighted by Crippen LogP contribution is 2.38. The van der Waals surface area contributed by atoms with E-state index in [-0.39, 0.29) is 0 Å². The highest BCUT2D eigenvalue weighted by atomic mass is 15.3. The van der Waals surface area contributed by atoms with Crippen LogP contribution in [0.25, 0.3) is 0 Å². The van der Waals surface area contributed by atoms with E-state index >= 15 is 0 Å². The molecule has 2 rings (SSSR count). The third-order valence-electron chi connectivity index (χ3n) is 4.29. The molecule has 1 aliphatic rings. The normalized spacial score (nSPS) is 18.9. The Morgan fingerprint density at radius 1 is 1.44 bits per heavy atom. The molecule has 1 fully saturated rings. The third kappa shape index (κ3) is 3.14. The van der Waals surface area contributed by atoms with Gasteiger partial charge in [0.25, 0.3) is 0 Å². The van der Waals surface area contributed by atoms with E-state index in [2.05, 4.69) is 49.0 Å². The van der Waals surface area contributed by atoms with E-state index in [1.807, 2.05) is 0 Å². The Morgan fingerprint density at radius 3 is 2.67 bits per heavy atom. The molecular formula is C15H27N3. The summed E-state index contributed by atoms with van der Waals surface area (Å²) in [4.78, 5) is 0. The van der Waals surface area contributed by atoms with Crippen molar-refractivity contribution < 1.29 is 0 Å². The van der Waals surface area contributed by atoms with Crippen LogP contribution >= 0.6 is 0 Å².